The lowest BCUT2D eigenvalue weighted by molar-refractivity contribution is -0.116. The predicted molar refractivity (Wildman–Crippen MR) is 90.1 cm³/mol. The molecule has 0 spiro atoms. The highest BCUT2D eigenvalue weighted by Crippen LogP contribution is 2.17. The molecule has 0 atom stereocenters. The first kappa shape index (κ1) is 20.5. The predicted octanol–water partition coefficient (Wildman–Crippen LogP) is 5.40. The van der Waals surface area contributed by atoms with E-state index in [4.69, 9.17) is 0 Å². The van der Waals surface area contributed by atoms with Gasteiger partial charge in [-0.25, -0.2) is 0 Å². The molecule has 0 saturated heterocycles. The van der Waals surface area contributed by atoms with Crippen LogP contribution in [0.1, 0.15) is 53.5 Å². The van der Waals surface area contributed by atoms with Crippen LogP contribution >= 0.6 is 15.9 Å². The lowest BCUT2D eigenvalue weighted by Crippen LogP contribution is -2.28. The Hall–Kier alpha value is -0.830. The van der Waals surface area contributed by atoms with E-state index >= 15 is 0 Å². The van der Waals surface area contributed by atoms with Crippen molar-refractivity contribution in [2.24, 2.45) is 0 Å². The second-order valence-corrected chi connectivity index (χ2v) is 4.03. The summed E-state index contributed by atoms with van der Waals surface area (Å²) in [5, 5.41) is 0.848. The van der Waals surface area contributed by atoms with Gasteiger partial charge in [0.05, 0.1) is 0 Å². The molecule has 0 bridgehead atoms. The molecule has 0 aromatic heterocycles. The molecule has 0 heterocycles. The van der Waals surface area contributed by atoms with Gasteiger partial charge in [0.15, 0.2) is 0 Å². The lowest BCUT2D eigenvalue weighted by atomic mass is 10.2. The molecule has 1 amide bonds. The summed E-state index contributed by atoms with van der Waals surface area (Å²) in [5.74, 6) is 0.100. The second kappa shape index (κ2) is 13.6. The van der Waals surface area contributed by atoms with Crippen LogP contribution in [0.15, 0.2) is 24.3 Å². The minimum atomic E-state index is 0.100. The zero-order valence-electron chi connectivity index (χ0n) is 13.2. The highest BCUT2D eigenvalue weighted by atomic mass is 79.9. The normalized spacial score (nSPS) is 8.58. The first-order chi connectivity index (χ1) is 9.19. The molecular weight excluding hydrogens is 302 g/mol. The van der Waals surface area contributed by atoms with E-state index < -0.39 is 0 Å². The van der Waals surface area contributed by atoms with E-state index in [1.165, 1.54) is 5.56 Å². The average Bonchev–Trinajstić information content (AvgIpc) is 2.49. The molecule has 0 unspecified atom stereocenters. The van der Waals surface area contributed by atoms with E-state index in [1.54, 1.807) is 11.8 Å². The third kappa shape index (κ3) is 8.04. The van der Waals surface area contributed by atoms with Crippen LogP contribution in [0.2, 0.25) is 0 Å². The van der Waals surface area contributed by atoms with Crippen molar-refractivity contribution in [3.63, 3.8) is 0 Å². The van der Waals surface area contributed by atoms with Crippen LogP contribution in [0.5, 0.6) is 0 Å². The summed E-state index contributed by atoms with van der Waals surface area (Å²) in [6, 6.07) is 8.06. The van der Waals surface area contributed by atoms with Crippen molar-refractivity contribution in [1.29, 1.82) is 0 Å². The van der Waals surface area contributed by atoms with Crippen LogP contribution in [0, 0.1) is 0 Å². The first-order valence-electron chi connectivity index (χ1n) is 7.12. The van der Waals surface area contributed by atoms with Crippen molar-refractivity contribution in [2.45, 2.75) is 53.3 Å². The lowest BCUT2D eigenvalue weighted by Gasteiger charge is -2.20. The molecule has 0 radical (unpaired) electrons. The Morgan fingerprint density at radius 3 is 1.89 bits per heavy atom. The summed E-state index contributed by atoms with van der Waals surface area (Å²) in [6.45, 7) is 12.5. The van der Waals surface area contributed by atoms with Crippen molar-refractivity contribution in [3.8, 4) is 0 Å². The van der Waals surface area contributed by atoms with Crippen LogP contribution in [0.25, 0.3) is 0 Å². The fourth-order valence-electron chi connectivity index (χ4n) is 1.46. The van der Waals surface area contributed by atoms with Gasteiger partial charge >= 0.3 is 0 Å². The minimum Gasteiger partial charge on any atom is -0.313 e. The fourth-order valence-corrected chi connectivity index (χ4v) is 1.83. The number of amides is 1. The standard InChI is InChI=1S/C12H16BrNO.2C2H6/c1-3-8-14(10(2)15)12-6-4-11(9-13)5-7-12;2*1-2/h4-7H,3,8-9H2,1-2H3;2*1-2H3. The van der Waals surface area contributed by atoms with Gasteiger partial charge in [0.1, 0.15) is 0 Å². The van der Waals surface area contributed by atoms with Gasteiger partial charge < -0.3 is 4.90 Å². The number of anilines is 1. The van der Waals surface area contributed by atoms with Gasteiger partial charge in [0.2, 0.25) is 5.91 Å². The molecule has 0 aliphatic rings. The Kier molecular flexibility index (Phi) is 14.7. The summed E-state index contributed by atoms with van der Waals surface area (Å²) in [5.41, 5.74) is 2.20. The monoisotopic (exact) mass is 329 g/mol. The topological polar surface area (TPSA) is 20.3 Å². The van der Waals surface area contributed by atoms with Crippen LogP contribution < -0.4 is 4.90 Å². The number of hydrogen-bond donors (Lipinski definition) is 0. The van der Waals surface area contributed by atoms with Gasteiger partial charge in [0.25, 0.3) is 0 Å². The Labute approximate surface area is 127 Å². The molecular formula is C16H28BrNO. The van der Waals surface area contributed by atoms with E-state index in [2.05, 4.69) is 22.9 Å². The second-order valence-electron chi connectivity index (χ2n) is 3.47. The molecule has 3 heteroatoms. The number of carbonyl (C=O) groups is 1. The zero-order valence-corrected chi connectivity index (χ0v) is 14.8. The first-order valence-corrected chi connectivity index (χ1v) is 8.24. The average molecular weight is 330 g/mol. The number of nitrogens with zero attached hydrogens (tertiary/aromatic N) is 1. The highest BCUT2D eigenvalue weighted by molar-refractivity contribution is 9.08. The van der Waals surface area contributed by atoms with Gasteiger partial charge in [-0.3, -0.25) is 4.79 Å². The van der Waals surface area contributed by atoms with Gasteiger partial charge in [-0.15, -0.1) is 0 Å². The number of alkyl halides is 1. The van der Waals surface area contributed by atoms with Crippen LogP contribution in [-0.4, -0.2) is 12.5 Å². The number of benzene rings is 1. The molecule has 1 aromatic carbocycles. The molecule has 0 fully saturated rings. The maximum absolute atomic E-state index is 11.4. The number of hydrogen-bond acceptors (Lipinski definition) is 1. The maximum atomic E-state index is 11.4. The van der Waals surface area contributed by atoms with Gasteiger partial charge in [-0.1, -0.05) is 62.7 Å². The van der Waals surface area contributed by atoms with E-state index in [9.17, 15) is 4.79 Å². The molecule has 1 rings (SSSR count). The van der Waals surface area contributed by atoms with Gasteiger partial charge in [0, 0.05) is 24.5 Å². The third-order valence-corrected chi connectivity index (χ3v) is 2.88. The summed E-state index contributed by atoms with van der Waals surface area (Å²) in [4.78, 5) is 13.2. The third-order valence-electron chi connectivity index (χ3n) is 2.23. The van der Waals surface area contributed by atoms with Crippen molar-refractivity contribution in [2.75, 3.05) is 11.4 Å². The minimum absolute atomic E-state index is 0.100. The molecule has 0 saturated carbocycles. The molecule has 110 valence electrons. The van der Waals surface area contributed by atoms with E-state index in [0.717, 1.165) is 24.0 Å². The fraction of sp³-hybridized carbons (Fsp3) is 0.562. The molecule has 2 nitrogen and oxygen atoms in total. The van der Waals surface area contributed by atoms with Crippen molar-refractivity contribution < 1.29 is 4.79 Å². The van der Waals surface area contributed by atoms with Crippen LogP contribution in [0.3, 0.4) is 0 Å². The number of carbonyl (C=O) groups excluding carboxylic acids is 1. The Morgan fingerprint density at radius 2 is 1.58 bits per heavy atom. The molecule has 19 heavy (non-hydrogen) atoms. The van der Waals surface area contributed by atoms with E-state index in [0.29, 0.717) is 0 Å². The quantitative estimate of drug-likeness (QED) is 0.677. The van der Waals surface area contributed by atoms with Gasteiger partial charge in [-0.2, -0.15) is 0 Å². The van der Waals surface area contributed by atoms with E-state index in [-0.39, 0.29) is 5.91 Å². The van der Waals surface area contributed by atoms with Crippen molar-refractivity contribution in [3.05, 3.63) is 29.8 Å². The molecule has 0 N–H and O–H groups in total. The Bertz CT molecular complexity index is 322. The number of rotatable bonds is 4. The smallest absolute Gasteiger partial charge is 0.223 e. The highest BCUT2D eigenvalue weighted by Gasteiger charge is 2.09. The zero-order chi connectivity index (χ0) is 15.3. The molecule has 1 aromatic rings. The van der Waals surface area contributed by atoms with Gasteiger partial charge in [-0.05, 0) is 24.1 Å². The summed E-state index contributed by atoms with van der Waals surface area (Å²) in [7, 11) is 0. The van der Waals surface area contributed by atoms with Crippen molar-refractivity contribution in [1.82, 2.24) is 0 Å². The summed E-state index contributed by atoms with van der Waals surface area (Å²) < 4.78 is 0. The number of halogens is 1. The summed E-state index contributed by atoms with van der Waals surface area (Å²) in [6.07, 6.45) is 0.972. The SMILES string of the molecule is CC.CC.CCCN(C(C)=O)c1ccc(CBr)cc1. The Morgan fingerprint density at radius 1 is 1.11 bits per heavy atom. The Balaban J connectivity index is 0. The van der Waals surface area contributed by atoms with Crippen LogP contribution in [0.4, 0.5) is 5.69 Å². The van der Waals surface area contributed by atoms with Crippen LogP contribution in [-0.2, 0) is 10.1 Å². The molecule has 0 aliphatic carbocycles. The summed E-state index contributed by atoms with van der Waals surface area (Å²) >= 11 is 3.40. The van der Waals surface area contributed by atoms with Crippen molar-refractivity contribution >= 4 is 27.5 Å². The largest absolute Gasteiger partial charge is 0.313 e. The maximum Gasteiger partial charge on any atom is 0.223 e. The molecule has 0 aliphatic heterocycles. The van der Waals surface area contributed by atoms with E-state index in [1.807, 2.05) is 52.0 Å².